The number of hydrogen-bond donors (Lipinski definition) is 1. The highest BCUT2D eigenvalue weighted by atomic mass is 32.1. The van der Waals surface area contributed by atoms with Crippen LogP contribution in [0.4, 0.5) is 5.13 Å². The van der Waals surface area contributed by atoms with E-state index in [1.165, 1.54) is 0 Å². The Labute approximate surface area is 76.0 Å². The normalized spacial score (nSPS) is 9.75. The summed E-state index contributed by atoms with van der Waals surface area (Å²) in [6, 6.07) is 0. The zero-order valence-corrected chi connectivity index (χ0v) is 7.63. The minimum absolute atomic E-state index is 0.146. The highest BCUT2D eigenvalue weighted by Gasteiger charge is 2.04. The largest absolute Gasteiger partial charge is 0.395 e. The van der Waals surface area contributed by atoms with Crippen molar-refractivity contribution in [2.75, 3.05) is 24.6 Å². The van der Waals surface area contributed by atoms with E-state index in [9.17, 15) is 0 Å². The van der Waals surface area contributed by atoms with Gasteiger partial charge in [0.15, 0.2) is 5.13 Å². The summed E-state index contributed by atoms with van der Waals surface area (Å²) in [4.78, 5) is 6.12. The zero-order chi connectivity index (χ0) is 8.81. The topological polar surface area (TPSA) is 36.4 Å². The van der Waals surface area contributed by atoms with E-state index in [-0.39, 0.29) is 6.61 Å². The molecular weight excluding hydrogens is 172 g/mol. The highest BCUT2D eigenvalue weighted by Crippen LogP contribution is 2.16. The van der Waals surface area contributed by atoms with E-state index in [0.717, 1.165) is 11.7 Å². The van der Waals surface area contributed by atoms with Gasteiger partial charge in [0, 0.05) is 24.7 Å². The van der Waals surface area contributed by atoms with E-state index < -0.39 is 0 Å². The maximum atomic E-state index is 8.76. The molecule has 1 aromatic heterocycles. The van der Waals surface area contributed by atoms with Crippen LogP contribution in [0.2, 0.25) is 0 Å². The molecule has 0 fully saturated rings. The molecule has 1 rings (SSSR count). The molecule has 0 spiro atoms. The van der Waals surface area contributed by atoms with Crippen LogP contribution in [0, 0.1) is 0 Å². The van der Waals surface area contributed by atoms with Crippen molar-refractivity contribution in [3.63, 3.8) is 0 Å². The molecule has 0 unspecified atom stereocenters. The Hall–Kier alpha value is -0.870. The molecule has 1 N–H and O–H groups in total. The van der Waals surface area contributed by atoms with Crippen molar-refractivity contribution in [2.45, 2.75) is 0 Å². The Balaban J connectivity index is 2.59. The SMILES string of the molecule is C=CCN(CCO)c1nccs1. The Morgan fingerprint density at radius 2 is 2.58 bits per heavy atom. The lowest BCUT2D eigenvalue weighted by atomic mass is 10.5. The third-order valence-electron chi connectivity index (χ3n) is 1.41. The van der Waals surface area contributed by atoms with Gasteiger partial charge in [-0.1, -0.05) is 6.08 Å². The molecule has 3 nitrogen and oxygen atoms in total. The van der Waals surface area contributed by atoms with Crippen LogP contribution in [0.5, 0.6) is 0 Å². The molecule has 0 amide bonds. The number of aliphatic hydroxyl groups excluding tert-OH is 1. The lowest BCUT2D eigenvalue weighted by molar-refractivity contribution is 0.303. The molecule has 0 saturated carbocycles. The first-order valence-electron chi connectivity index (χ1n) is 3.74. The van der Waals surface area contributed by atoms with Gasteiger partial charge in [-0.15, -0.1) is 17.9 Å². The van der Waals surface area contributed by atoms with Crippen LogP contribution < -0.4 is 4.90 Å². The monoisotopic (exact) mass is 184 g/mol. The number of aliphatic hydroxyl groups is 1. The first-order chi connectivity index (χ1) is 5.88. The first kappa shape index (κ1) is 9.22. The van der Waals surface area contributed by atoms with E-state index in [2.05, 4.69) is 11.6 Å². The molecule has 0 aliphatic heterocycles. The predicted octanol–water partition coefficient (Wildman–Crippen LogP) is 1.13. The van der Waals surface area contributed by atoms with Crippen molar-refractivity contribution in [3.05, 3.63) is 24.2 Å². The van der Waals surface area contributed by atoms with Gasteiger partial charge in [-0.2, -0.15) is 0 Å². The van der Waals surface area contributed by atoms with Crippen molar-refractivity contribution < 1.29 is 5.11 Å². The molecule has 1 aromatic rings. The summed E-state index contributed by atoms with van der Waals surface area (Å²) in [7, 11) is 0. The Kier molecular flexibility index (Phi) is 3.76. The highest BCUT2D eigenvalue weighted by molar-refractivity contribution is 7.13. The van der Waals surface area contributed by atoms with Crippen LogP contribution in [-0.4, -0.2) is 29.8 Å². The molecule has 12 heavy (non-hydrogen) atoms. The molecule has 0 aromatic carbocycles. The molecule has 66 valence electrons. The number of rotatable bonds is 5. The fourth-order valence-corrected chi connectivity index (χ4v) is 1.59. The van der Waals surface area contributed by atoms with E-state index in [1.807, 2.05) is 10.3 Å². The lowest BCUT2D eigenvalue weighted by Gasteiger charge is -2.17. The first-order valence-corrected chi connectivity index (χ1v) is 4.62. The summed E-state index contributed by atoms with van der Waals surface area (Å²) in [6.07, 6.45) is 3.56. The Bertz CT molecular complexity index is 223. The van der Waals surface area contributed by atoms with Crippen LogP contribution in [0.15, 0.2) is 24.2 Å². The molecule has 0 bridgehead atoms. The van der Waals surface area contributed by atoms with Gasteiger partial charge in [0.25, 0.3) is 0 Å². The maximum Gasteiger partial charge on any atom is 0.185 e. The maximum absolute atomic E-state index is 8.76. The van der Waals surface area contributed by atoms with Crippen LogP contribution >= 0.6 is 11.3 Å². The van der Waals surface area contributed by atoms with Crippen LogP contribution in [0.3, 0.4) is 0 Å². The molecule has 4 heteroatoms. The second-order valence-corrected chi connectivity index (χ2v) is 3.15. The number of nitrogens with zero attached hydrogens (tertiary/aromatic N) is 2. The van der Waals surface area contributed by atoms with Gasteiger partial charge >= 0.3 is 0 Å². The summed E-state index contributed by atoms with van der Waals surface area (Å²) < 4.78 is 0. The average molecular weight is 184 g/mol. The smallest absolute Gasteiger partial charge is 0.185 e. The fraction of sp³-hybridized carbons (Fsp3) is 0.375. The van der Waals surface area contributed by atoms with Gasteiger partial charge in [-0.25, -0.2) is 4.98 Å². The fourth-order valence-electron chi connectivity index (χ4n) is 0.914. The molecule has 0 atom stereocenters. The third-order valence-corrected chi connectivity index (χ3v) is 2.24. The van der Waals surface area contributed by atoms with E-state index in [4.69, 9.17) is 5.11 Å². The van der Waals surface area contributed by atoms with Gasteiger partial charge in [0.2, 0.25) is 0 Å². The Morgan fingerprint density at radius 3 is 3.08 bits per heavy atom. The zero-order valence-electron chi connectivity index (χ0n) is 6.81. The van der Waals surface area contributed by atoms with E-state index in [0.29, 0.717) is 6.54 Å². The minimum Gasteiger partial charge on any atom is -0.395 e. The Morgan fingerprint density at radius 1 is 1.75 bits per heavy atom. The molecule has 0 saturated heterocycles. The molecule has 0 aliphatic carbocycles. The van der Waals surface area contributed by atoms with Crippen LogP contribution in [-0.2, 0) is 0 Å². The molecule has 1 heterocycles. The van der Waals surface area contributed by atoms with Crippen molar-refractivity contribution in [1.29, 1.82) is 0 Å². The van der Waals surface area contributed by atoms with Crippen molar-refractivity contribution >= 4 is 16.5 Å². The minimum atomic E-state index is 0.146. The van der Waals surface area contributed by atoms with Gasteiger partial charge in [-0.05, 0) is 0 Å². The lowest BCUT2D eigenvalue weighted by Crippen LogP contribution is -2.26. The second kappa shape index (κ2) is 4.90. The van der Waals surface area contributed by atoms with Crippen molar-refractivity contribution in [1.82, 2.24) is 4.98 Å². The number of anilines is 1. The van der Waals surface area contributed by atoms with Crippen LogP contribution in [0.25, 0.3) is 0 Å². The number of aromatic nitrogens is 1. The summed E-state index contributed by atoms with van der Waals surface area (Å²) >= 11 is 1.57. The van der Waals surface area contributed by atoms with E-state index >= 15 is 0 Å². The summed E-state index contributed by atoms with van der Waals surface area (Å²) in [5, 5.41) is 11.6. The predicted molar refractivity (Wildman–Crippen MR) is 51.6 cm³/mol. The standard InChI is InChI=1S/C8H12N2OS/c1-2-4-10(5-6-11)8-9-3-7-12-8/h2-3,7,11H,1,4-6H2. The second-order valence-electron chi connectivity index (χ2n) is 2.27. The summed E-state index contributed by atoms with van der Waals surface area (Å²) in [5.74, 6) is 0. The van der Waals surface area contributed by atoms with Crippen molar-refractivity contribution in [3.8, 4) is 0 Å². The molecule has 0 radical (unpaired) electrons. The summed E-state index contributed by atoms with van der Waals surface area (Å²) in [6.45, 7) is 5.13. The number of thiazole rings is 1. The van der Waals surface area contributed by atoms with Gasteiger partial charge in [-0.3, -0.25) is 0 Å². The molecule has 0 aliphatic rings. The summed E-state index contributed by atoms with van der Waals surface area (Å²) in [5.41, 5.74) is 0. The molecular formula is C8H12N2OS. The van der Waals surface area contributed by atoms with Gasteiger partial charge < -0.3 is 10.0 Å². The van der Waals surface area contributed by atoms with Crippen LogP contribution in [0.1, 0.15) is 0 Å². The van der Waals surface area contributed by atoms with Crippen molar-refractivity contribution in [2.24, 2.45) is 0 Å². The van der Waals surface area contributed by atoms with Gasteiger partial charge in [0.1, 0.15) is 0 Å². The van der Waals surface area contributed by atoms with Gasteiger partial charge in [0.05, 0.1) is 6.61 Å². The van der Waals surface area contributed by atoms with E-state index in [1.54, 1.807) is 23.6 Å². The number of hydrogen-bond acceptors (Lipinski definition) is 4. The average Bonchev–Trinajstić information content (AvgIpc) is 2.56. The third kappa shape index (κ3) is 2.32. The quantitative estimate of drug-likeness (QED) is 0.697.